The summed E-state index contributed by atoms with van der Waals surface area (Å²) in [5, 5.41) is 2.57. The van der Waals surface area contributed by atoms with Crippen molar-refractivity contribution in [2.45, 2.75) is 11.8 Å². The molecule has 0 radical (unpaired) electrons. The second-order valence-corrected chi connectivity index (χ2v) is 7.80. The molecule has 0 saturated heterocycles. The Morgan fingerprint density at radius 1 is 0.962 bits per heavy atom. The maximum absolute atomic E-state index is 12.6. The van der Waals surface area contributed by atoms with Crippen LogP contribution in [0, 0.1) is 0 Å². The van der Waals surface area contributed by atoms with E-state index in [0.717, 1.165) is 4.31 Å². The number of likely N-dealkylation sites (N-methyl/N-ethyl adjacent to an activating group) is 2. The fraction of sp³-hybridized carbons (Fsp3) is 0.222. The first-order valence-electron chi connectivity index (χ1n) is 7.87. The lowest BCUT2D eigenvalue weighted by Gasteiger charge is -2.22. The van der Waals surface area contributed by atoms with Gasteiger partial charge in [-0.15, -0.1) is 0 Å². The number of sulfonamides is 1. The zero-order valence-corrected chi connectivity index (χ0v) is 15.7. The SMILES string of the molecule is CC(=O)Nc1ccc(S(=O)(=O)N(C)CC(=O)N(C)c2ccccc2)cc1. The number of carbonyl (C=O) groups excluding carboxylic acids is 2. The molecule has 26 heavy (non-hydrogen) atoms. The van der Waals surface area contributed by atoms with Crippen molar-refractivity contribution in [3.05, 3.63) is 54.6 Å². The van der Waals surface area contributed by atoms with Crippen LogP contribution in [-0.4, -0.2) is 45.2 Å². The van der Waals surface area contributed by atoms with Gasteiger partial charge in [-0.2, -0.15) is 4.31 Å². The molecule has 8 heteroatoms. The summed E-state index contributed by atoms with van der Waals surface area (Å²) in [6.07, 6.45) is 0. The van der Waals surface area contributed by atoms with Gasteiger partial charge in [-0.25, -0.2) is 8.42 Å². The molecule has 0 heterocycles. The number of hydrogen-bond acceptors (Lipinski definition) is 4. The number of carbonyl (C=O) groups is 2. The molecule has 0 fully saturated rings. The Kier molecular flexibility index (Phi) is 6.12. The van der Waals surface area contributed by atoms with Crippen molar-refractivity contribution in [2.24, 2.45) is 0 Å². The molecule has 0 bridgehead atoms. The summed E-state index contributed by atoms with van der Waals surface area (Å²) in [7, 11) is -0.869. The molecular weight excluding hydrogens is 354 g/mol. The van der Waals surface area contributed by atoms with Gasteiger partial charge in [0.05, 0.1) is 11.4 Å². The highest BCUT2D eigenvalue weighted by molar-refractivity contribution is 7.89. The third-order valence-electron chi connectivity index (χ3n) is 3.76. The number of para-hydroxylation sites is 1. The minimum atomic E-state index is -3.82. The Bertz CT molecular complexity index is 880. The molecule has 0 aliphatic rings. The molecule has 2 rings (SSSR count). The first-order chi connectivity index (χ1) is 12.2. The standard InChI is InChI=1S/C18H21N3O4S/c1-14(22)19-15-9-11-17(12-10-15)26(24,25)20(2)13-18(23)21(3)16-7-5-4-6-8-16/h4-12H,13H2,1-3H3,(H,19,22). The lowest BCUT2D eigenvalue weighted by molar-refractivity contribution is -0.118. The summed E-state index contributed by atoms with van der Waals surface area (Å²) in [4.78, 5) is 24.9. The molecule has 0 spiro atoms. The normalized spacial score (nSPS) is 11.2. The van der Waals surface area contributed by atoms with Crippen molar-refractivity contribution in [3.8, 4) is 0 Å². The predicted octanol–water partition coefficient (Wildman–Crippen LogP) is 1.93. The number of nitrogens with one attached hydrogen (secondary N) is 1. The topological polar surface area (TPSA) is 86.8 Å². The summed E-state index contributed by atoms with van der Waals surface area (Å²) in [6, 6.07) is 14.8. The van der Waals surface area contributed by atoms with Gasteiger partial charge in [0.2, 0.25) is 21.8 Å². The second kappa shape index (κ2) is 8.11. The van der Waals surface area contributed by atoms with E-state index in [1.807, 2.05) is 6.07 Å². The Morgan fingerprint density at radius 3 is 2.08 bits per heavy atom. The van der Waals surface area contributed by atoms with Crippen LogP contribution in [0.15, 0.2) is 59.5 Å². The Hall–Kier alpha value is -2.71. The molecule has 0 atom stereocenters. The molecule has 2 aromatic rings. The van der Waals surface area contributed by atoms with E-state index in [1.54, 1.807) is 31.3 Å². The van der Waals surface area contributed by atoms with Gasteiger partial charge in [-0.05, 0) is 36.4 Å². The lowest BCUT2D eigenvalue weighted by atomic mass is 10.3. The van der Waals surface area contributed by atoms with Crippen LogP contribution in [0.1, 0.15) is 6.92 Å². The molecule has 7 nitrogen and oxygen atoms in total. The average Bonchev–Trinajstić information content (AvgIpc) is 2.61. The van der Waals surface area contributed by atoms with Crippen LogP contribution >= 0.6 is 0 Å². The van der Waals surface area contributed by atoms with Crippen molar-refractivity contribution < 1.29 is 18.0 Å². The molecule has 0 aliphatic heterocycles. The maximum atomic E-state index is 12.6. The first kappa shape index (κ1) is 19.6. The van der Waals surface area contributed by atoms with Crippen LogP contribution in [0.3, 0.4) is 0 Å². The van der Waals surface area contributed by atoms with Crippen molar-refractivity contribution >= 4 is 33.2 Å². The summed E-state index contributed by atoms with van der Waals surface area (Å²) in [6.45, 7) is 1.08. The predicted molar refractivity (Wildman–Crippen MR) is 100 cm³/mol. The van der Waals surface area contributed by atoms with E-state index in [4.69, 9.17) is 0 Å². The summed E-state index contributed by atoms with van der Waals surface area (Å²) in [5.74, 6) is -0.593. The molecule has 0 unspecified atom stereocenters. The van der Waals surface area contributed by atoms with Gasteiger partial charge >= 0.3 is 0 Å². The zero-order chi connectivity index (χ0) is 19.3. The molecular formula is C18H21N3O4S. The van der Waals surface area contributed by atoms with Crippen molar-refractivity contribution in [2.75, 3.05) is 30.9 Å². The molecule has 138 valence electrons. The largest absolute Gasteiger partial charge is 0.326 e. The number of hydrogen-bond donors (Lipinski definition) is 1. The van der Waals surface area contributed by atoms with Crippen LogP contribution in [0.2, 0.25) is 0 Å². The van der Waals surface area contributed by atoms with Gasteiger partial charge in [0.1, 0.15) is 0 Å². The highest BCUT2D eigenvalue weighted by Crippen LogP contribution is 2.18. The van der Waals surface area contributed by atoms with Crippen LogP contribution in [0.25, 0.3) is 0 Å². The monoisotopic (exact) mass is 375 g/mol. The third kappa shape index (κ3) is 4.68. The molecule has 2 aromatic carbocycles. The molecule has 0 aromatic heterocycles. The quantitative estimate of drug-likeness (QED) is 0.836. The summed E-state index contributed by atoms with van der Waals surface area (Å²) < 4.78 is 26.3. The summed E-state index contributed by atoms with van der Waals surface area (Å²) >= 11 is 0. The Balaban J connectivity index is 2.10. The molecule has 1 N–H and O–H groups in total. The highest BCUT2D eigenvalue weighted by Gasteiger charge is 2.24. The van der Waals surface area contributed by atoms with Gasteiger partial charge in [-0.1, -0.05) is 18.2 Å². The second-order valence-electron chi connectivity index (χ2n) is 5.75. The third-order valence-corrected chi connectivity index (χ3v) is 5.58. The number of rotatable bonds is 6. The van der Waals surface area contributed by atoms with E-state index in [2.05, 4.69) is 5.32 Å². The van der Waals surface area contributed by atoms with Crippen LogP contribution < -0.4 is 10.2 Å². The minimum Gasteiger partial charge on any atom is -0.326 e. The van der Waals surface area contributed by atoms with Crippen LogP contribution in [0.5, 0.6) is 0 Å². The Morgan fingerprint density at radius 2 is 1.54 bits per heavy atom. The van der Waals surface area contributed by atoms with E-state index >= 15 is 0 Å². The molecule has 0 saturated carbocycles. The van der Waals surface area contributed by atoms with Gasteiger partial charge in [-0.3, -0.25) is 9.59 Å². The van der Waals surface area contributed by atoms with E-state index < -0.39 is 10.0 Å². The van der Waals surface area contributed by atoms with E-state index in [0.29, 0.717) is 11.4 Å². The van der Waals surface area contributed by atoms with Gasteiger partial charge in [0.25, 0.3) is 0 Å². The molecule has 2 amide bonds. The smallest absolute Gasteiger partial charge is 0.243 e. The van der Waals surface area contributed by atoms with E-state index in [9.17, 15) is 18.0 Å². The number of benzene rings is 2. The zero-order valence-electron chi connectivity index (χ0n) is 14.8. The maximum Gasteiger partial charge on any atom is 0.243 e. The average molecular weight is 375 g/mol. The number of amides is 2. The van der Waals surface area contributed by atoms with E-state index in [1.165, 1.54) is 43.1 Å². The fourth-order valence-corrected chi connectivity index (χ4v) is 3.39. The lowest BCUT2D eigenvalue weighted by Crippen LogP contribution is -2.39. The van der Waals surface area contributed by atoms with Gasteiger partial charge in [0.15, 0.2) is 0 Å². The van der Waals surface area contributed by atoms with E-state index in [-0.39, 0.29) is 23.3 Å². The first-order valence-corrected chi connectivity index (χ1v) is 9.31. The summed E-state index contributed by atoms with van der Waals surface area (Å²) in [5.41, 5.74) is 1.18. The van der Waals surface area contributed by atoms with Crippen molar-refractivity contribution in [1.82, 2.24) is 4.31 Å². The van der Waals surface area contributed by atoms with Crippen LogP contribution in [-0.2, 0) is 19.6 Å². The number of anilines is 2. The van der Waals surface area contributed by atoms with Crippen molar-refractivity contribution in [3.63, 3.8) is 0 Å². The highest BCUT2D eigenvalue weighted by atomic mass is 32.2. The van der Waals surface area contributed by atoms with Gasteiger partial charge < -0.3 is 10.2 Å². The van der Waals surface area contributed by atoms with Crippen molar-refractivity contribution in [1.29, 1.82) is 0 Å². The fourth-order valence-electron chi connectivity index (χ4n) is 2.27. The minimum absolute atomic E-state index is 0.0456. The van der Waals surface area contributed by atoms with Crippen LogP contribution in [0.4, 0.5) is 11.4 Å². The van der Waals surface area contributed by atoms with Gasteiger partial charge in [0, 0.05) is 32.4 Å². The number of nitrogens with zero attached hydrogens (tertiary/aromatic N) is 2. The Labute approximate surface area is 153 Å². The molecule has 0 aliphatic carbocycles.